The number of nitrogens with zero attached hydrogens (tertiary/aromatic N) is 1. The van der Waals surface area contributed by atoms with Gasteiger partial charge in [0.1, 0.15) is 0 Å². The summed E-state index contributed by atoms with van der Waals surface area (Å²) in [6.45, 7) is 0. The van der Waals surface area contributed by atoms with Gasteiger partial charge in [-0.3, -0.25) is 4.98 Å². The third kappa shape index (κ3) is 1.72. The number of aromatic nitrogens is 1. The van der Waals surface area contributed by atoms with Crippen LogP contribution in [0.2, 0.25) is 0 Å². The highest BCUT2D eigenvalue weighted by Gasteiger charge is 2.23. The highest BCUT2D eigenvalue weighted by molar-refractivity contribution is 9.13. The Morgan fingerprint density at radius 1 is 1.20 bits per heavy atom. The number of benzene rings is 1. The second-order valence-corrected chi connectivity index (χ2v) is 5.62. The molecule has 1 nitrogen and oxygen atoms in total. The monoisotopic (exact) mass is 325 g/mol. The molecule has 0 radical (unpaired) electrons. The molecule has 0 aliphatic heterocycles. The van der Waals surface area contributed by atoms with Crippen LogP contribution in [-0.4, -0.2) is 4.98 Å². The topological polar surface area (TPSA) is 12.9 Å². The lowest BCUT2D eigenvalue weighted by Gasteiger charge is -2.04. The molecule has 0 saturated heterocycles. The van der Waals surface area contributed by atoms with Crippen molar-refractivity contribution in [2.24, 2.45) is 0 Å². The third-order valence-electron chi connectivity index (χ3n) is 2.83. The minimum atomic E-state index is 0.792. The molecule has 3 rings (SSSR count). The van der Waals surface area contributed by atoms with Crippen LogP contribution in [0.25, 0.3) is 10.9 Å². The first-order chi connectivity index (χ1) is 7.25. The molecule has 0 bridgehead atoms. The first kappa shape index (κ1) is 9.79. The number of halogens is 2. The largest absolute Gasteiger partial charge is 0.255 e. The maximum absolute atomic E-state index is 4.39. The lowest BCUT2D eigenvalue weighted by molar-refractivity contribution is 1.13. The molecule has 1 saturated carbocycles. The fourth-order valence-corrected chi connectivity index (χ4v) is 2.56. The van der Waals surface area contributed by atoms with Crippen LogP contribution < -0.4 is 0 Å². The molecule has 1 aromatic carbocycles. The SMILES string of the molecule is Brc1cnc2ccc(C3CC3)cc2c1Br. The van der Waals surface area contributed by atoms with Crippen molar-refractivity contribution < 1.29 is 0 Å². The summed E-state index contributed by atoms with van der Waals surface area (Å²) in [5.41, 5.74) is 2.50. The van der Waals surface area contributed by atoms with Crippen LogP contribution in [-0.2, 0) is 0 Å². The Morgan fingerprint density at radius 3 is 2.73 bits per heavy atom. The zero-order valence-corrected chi connectivity index (χ0v) is 11.2. The quantitative estimate of drug-likeness (QED) is 0.744. The van der Waals surface area contributed by atoms with E-state index < -0.39 is 0 Å². The Hall–Kier alpha value is -0.410. The highest BCUT2D eigenvalue weighted by Crippen LogP contribution is 2.41. The fraction of sp³-hybridized carbons (Fsp3) is 0.250. The summed E-state index contributed by atoms with van der Waals surface area (Å²) in [6.07, 6.45) is 4.51. The summed E-state index contributed by atoms with van der Waals surface area (Å²) < 4.78 is 2.12. The van der Waals surface area contributed by atoms with E-state index in [1.54, 1.807) is 0 Å². The molecule has 1 aliphatic carbocycles. The van der Waals surface area contributed by atoms with Gasteiger partial charge in [0.25, 0.3) is 0 Å². The van der Waals surface area contributed by atoms with Crippen LogP contribution in [0.1, 0.15) is 24.3 Å². The normalized spacial score (nSPS) is 15.9. The first-order valence-corrected chi connectivity index (χ1v) is 6.58. The number of hydrogen-bond acceptors (Lipinski definition) is 1. The van der Waals surface area contributed by atoms with Crippen molar-refractivity contribution in [3.63, 3.8) is 0 Å². The molecule has 1 heterocycles. The lowest BCUT2D eigenvalue weighted by Crippen LogP contribution is -1.85. The predicted octanol–water partition coefficient (Wildman–Crippen LogP) is 4.64. The maximum Gasteiger partial charge on any atom is 0.0714 e. The van der Waals surface area contributed by atoms with E-state index in [9.17, 15) is 0 Å². The molecule has 1 aromatic heterocycles. The van der Waals surface area contributed by atoms with Crippen LogP contribution in [0.4, 0.5) is 0 Å². The fourth-order valence-electron chi connectivity index (χ4n) is 1.82. The molecule has 0 atom stereocenters. The van der Waals surface area contributed by atoms with Crippen LogP contribution in [0.15, 0.2) is 33.3 Å². The maximum atomic E-state index is 4.39. The van der Waals surface area contributed by atoms with E-state index in [0.717, 1.165) is 20.4 Å². The standard InChI is InChI=1S/C12H9Br2N/c13-10-6-15-11-4-3-8(7-1-2-7)5-9(11)12(10)14/h3-7H,1-2H2. The average Bonchev–Trinajstić information content (AvgIpc) is 3.07. The summed E-state index contributed by atoms with van der Waals surface area (Å²) in [4.78, 5) is 4.39. The summed E-state index contributed by atoms with van der Waals surface area (Å²) in [6, 6.07) is 6.57. The van der Waals surface area contributed by atoms with Gasteiger partial charge in [-0.05, 0) is 68.3 Å². The Bertz CT molecular complexity index is 532. The highest BCUT2D eigenvalue weighted by atomic mass is 79.9. The zero-order chi connectivity index (χ0) is 10.4. The van der Waals surface area contributed by atoms with E-state index in [4.69, 9.17) is 0 Å². The minimum absolute atomic E-state index is 0.792. The van der Waals surface area contributed by atoms with Gasteiger partial charge in [0.2, 0.25) is 0 Å². The number of rotatable bonds is 1. The molecule has 0 unspecified atom stereocenters. The smallest absolute Gasteiger partial charge is 0.0714 e. The van der Waals surface area contributed by atoms with Gasteiger partial charge in [-0.15, -0.1) is 0 Å². The molecule has 2 aromatic rings. The van der Waals surface area contributed by atoms with Crippen LogP contribution >= 0.6 is 31.9 Å². The summed E-state index contributed by atoms with van der Waals surface area (Å²) >= 11 is 7.08. The van der Waals surface area contributed by atoms with Crippen LogP contribution in [0.5, 0.6) is 0 Å². The molecular weight excluding hydrogens is 318 g/mol. The second kappa shape index (κ2) is 3.56. The Morgan fingerprint density at radius 2 is 2.00 bits per heavy atom. The van der Waals surface area contributed by atoms with Gasteiger partial charge in [0.05, 0.1) is 9.99 Å². The summed E-state index contributed by atoms with van der Waals surface area (Å²) in [7, 11) is 0. The molecular formula is C12H9Br2N. The zero-order valence-electron chi connectivity index (χ0n) is 8.00. The van der Waals surface area contributed by atoms with Crippen LogP contribution in [0.3, 0.4) is 0 Å². The van der Waals surface area contributed by atoms with Crippen molar-refractivity contribution in [3.05, 3.63) is 38.9 Å². The van der Waals surface area contributed by atoms with Crippen molar-refractivity contribution in [1.82, 2.24) is 4.98 Å². The Kier molecular flexibility index (Phi) is 2.33. The van der Waals surface area contributed by atoms with E-state index in [1.807, 2.05) is 6.20 Å². The van der Waals surface area contributed by atoms with Crippen molar-refractivity contribution in [1.29, 1.82) is 0 Å². The van der Waals surface area contributed by atoms with Crippen molar-refractivity contribution >= 4 is 42.8 Å². The van der Waals surface area contributed by atoms with E-state index in [0.29, 0.717) is 0 Å². The van der Waals surface area contributed by atoms with Crippen LogP contribution in [0, 0.1) is 0 Å². The molecule has 1 fully saturated rings. The third-order valence-corrected chi connectivity index (χ3v) is 4.82. The van der Waals surface area contributed by atoms with Gasteiger partial charge in [-0.1, -0.05) is 6.07 Å². The van der Waals surface area contributed by atoms with Crippen molar-refractivity contribution in [2.75, 3.05) is 0 Å². The Balaban J connectivity index is 2.27. The molecule has 0 amide bonds. The predicted molar refractivity (Wildman–Crippen MR) is 69.1 cm³/mol. The molecule has 76 valence electrons. The number of hydrogen-bond donors (Lipinski definition) is 0. The Labute approximate surface area is 105 Å². The summed E-state index contributed by atoms with van der Waals surface area (Å²) in [5, 5.41) is 1.20. The molecule has 0 N–H and O–H groups in total. The van der Waals surface area contributed by atoms with E-state index >= 15 is 0 Å². The van der Waals surface area contributed by atoms with Gasteiger partial charge in [0.15, 0.2) is 0 Å². The molecule has 0 spiro atoms. The molecule has 3 heteroatoms. The lowest BCUT2D eigenvalue weighted by atomic mass is 10.1. The van der Waals surface area contributed by atoms with Gasteiger partial charge in [0, 0.05) is 16.1 Å². The van der Waals surface area contributed by atoms with Gasteiger partial charge >= 0.3 is 0 Å². The number of pyridine rings is 1. The number of fused-ring (bicyclic) bond motifs is 1. The van der Waals surface area contributed by atoms with Gasteiger partial charge in [-0.25, -0.2) is 0 Å². The van der Waals surface area contributed by atoms with E-state index in [1.165, 1.54) is 23.8 Å². The average molecular weight is 327 g/mol. The van der Waals surface area contributed by atoms with Gasteiger partial charge in [-0.2, -0.15) is 0 Å². The summed E-state index contributed by atoms with van der Waals surface area (Å²) in [5.74, 6) is 0.792. The van der Waals surface area contributed by atoms with Gasteiger partial charge < -0.3 is 0 Å². The van der Waals surface area contributed by atoms with E-state index in [-0.39, 0.29) is 0 Å². The molecule has 1 aliphatic rings. The van der Waals surface area contributed by atoms with Crippen molar-refractivity contribution in [2.45, 2.75) is 18.8 Å². The second-order valence-electron chi connectivity index (χ2n) is 3.97. The molecule has 15 heavy (non-hydrogen) atoms. The minimum Gasteiger partial charge on any atom is -0.255 e. The first-order valence-electron chi connectivity index (χ1n) is 4.99. The van der Waals surface area contributed by atoms with E-state index in [2.05, 4.69) is 55.0 Å². The van der Waals surface area contributed by atoms with Crippen molar-refractivity contribution in [3.8, 4) is 0 Å².